The van der Waals surface area contributed by atoms with Crippen LogP contribution in [0.25, 0.3) is 0 Å². The van der Waals surface area contributed by atoms with E-state index in [2.05, 4.69) is 136 Å². The second kappa shape index (κ2) is 18.1. The summed E-state index contributed by atoms with van der Waals surface area (Å²) in [5.74, 6) is 5.72. The van der Waals surface area contributed by atoms with Gasteiger partial charge < -0.3 is 12.2 Å². The van der Waals surface area contributed by atoms with Gasteiger partial charge in [0.05, 0.1) is 12.7 Å². The molecule has 0 spiro atoms. The van der Waals surface area contributed by atoms with Gasteiger partial charge in [0.15, 0.2) is 11.6 Å². The van der Waals surface area contributed by atoms with E-state index in [9.17, 15) is 9.59 Å². The number of allylic oxidation sites excluding steroid dienone is 8. The number of rotatable bonds is 4. The fraction of sp³-hybridized carbons (Fsp3) is 0.800. The van der Waals surface area contributed by atoms with Crippen molar-refractivity contribution in [3.8, 4) is 0 Å². The first-order valence-corrected chi connectivity index (χ1v) is 32.1. The molecule has 1 aliphatic heterocycles. The average molecular weight is 1160 g/mol. The van der Waals surface area contributed by atoms with Gasteiger partial charge in [0.25, 0.3) is 0 Å². The van der Waals surface area contributed by atoms with E-state index in [1.807, 2.05) is 0 Å². The number of carbonyl (C=O) groups is 2. The molecule has 10 aliphatic carbocycles. The van der Waals surface area contributed by atoms with Gasteiger partial charge >= 0.3 is 27.0 Å². The fourth-order valence-electron chi connectivity index (χ4n) is 21.8. The molecule has 0 amide bonds. The molecule has 7 heteroatoms. The summed E-state index contributed by atoms with van der Waals surface area (Å²) in [6, 6.07) is 0. The number of epoxide rings is 1. The third-order valence-corrected chi connectivity index (χ3v) is 26.3. The van der Waals surface area contributed by atoms with Crippen molar-refractivity contribution in [1.29, 1.82) is 0 Å². The molecule has 6 saturated carbocycles. The summed E-state index contributed by atoms with van der Waals surface area (Å²) < 4.78 is 31.8. The Balaban J connectivity index is 0.000000177. The average Bonchev–Trinajstić information content (AvgIpc) is 4.02. The molecule has 72 heavy (non-hydrogen) atoms. The molecule has 1 unspecified atom stereocenters. The predicted octanol–water partition coefficient (Wildman–Crippen LogP) is 16.7. The number of hydrogen-bond acceptors (Lipinski definition) is 6. The Morgan fingerprint density at radius 2 is 0.972 bits per heavy atom. The van der Waals surface area contributed by atoms with Crippen molar-refractivity contribution in [2.24, 2.45) is 101 Å². The van der Waals surface area contributed by atoms with Crippen LogP contribution in [0.1, 0.15) is 214 Å². The molecule has 1 heterocycles. The third-order valence-electron chi connectivity index (χ3n) is 26.3. The second-order valence-corrected chi connectivity index (χ2v) is 30.9. The van der Waals surface area contributed by atoms with E-state index in [-0.39, 0.29) is 29.1 Å². The molecule has 403 valence electrons. The summed E-state index contributed by atoms with van der Waals surface area (Å²) in [7, 11) is 0. The fourth-order valence-corrected chi connectivity index (χ4v) is 21.8. The molecule has 11 aliphatic rings. The van der Waals surface area contributed by atoms with Crippen LogP contribution in [0.4, 0.5) is 0 Å². The Morgan fingerprint density at radius 1 is 0.569 bits per heavy atom. The van der Waals surface area contributed by atoms with E-state index >= 15 is 0 Å². The van der Waals surface area contributed by atoms with E-state index < -0.39 is 16.6 Å². The van der Waals surface area contributed by atoms with E-state index in [1.54, 1.807) is 16.7 Å². The van der Waals surface area contributed by atoms with Crippen LogP contribution < -0.4 is 0 Å². The molecule has 15 atom stereocenters. The molecule has 0 aromatic heterocycles. The Kier molecular flexibility index (Phi) is 14.1. The summed E-state index contributed by atoms with van der Waals surface area (Å²) in [6.07, 6.45) is 27.0. The first-order chi connectivity index (χ1) is 32.8. The van der Waals surface area contributed by atoms with Gasteiger partial charge in [-0.25, -0.2) is 0 Å². The van der Waals surface area contributed by atoms with Crippen LogP contribution in [-0.4, -0.2) is 24.3 Å². The molecule has 0 bridgehead atoms. The molecule has 0 radical (unpaired) electrons. The topological polar surface area (TPSA) is 97.9 Å². The molecular weight excluding hydrogens is 1060 g/mol. The number of ketones is 2. The van der Waals surface area contributed by atoms with Crippen LogP contribution in [0.2, 0.25) is 0 Å². The number of ether oxygens (including phenoxy) is 1. The first-order valence-electron chi connectivity index (χ1n) is 28.7. The van der Waals surface area contributed by atoms with Crippen molar-refractivity contribution >= 4 is 11.6 Å². The monoisotopic (exact) mass is 1160 g/mol. The van der Waals surface area contributed by atoms with Crippen molar-refractivity contribution in [3.63, 3.8) is 0 Å². The van der Waals surface area contributed by atoms with Crippen molar-refractivity contribution in [2.45, 2.75) is 220 Å². The summed E-state index contributed by atoms with van der Waals surface area (Å²) in [5.41, 5.74) is 11.3. The molecular formula is C65H99O6Re-. The minimum absolute atomic E-state index is 0. The minimum atomic E-state index is -4.21. The number of hydrogen-bond donors (Lipinski definition) is 0. The summed E-state index contributed by atoms with van der Waals surface area (Å²) in [5, 5.41) is 0. The number of carbonyl (C=O) groups excluding carboxylic acids is 2. The maximum absolute atomic E-state index is 13.5. The molecule has 7 fully saturated rings. The van der Waals surface area contributed by atoms with Crippen molar-refractivity contribution in [1.82, 2.24) is 0 Å². The number of Topliss-reactive ketones (excluding diaryl/α,β-unsaturated/α-hetero) is 2. The normalized spacial score (nSPS) is 46.9. The zero-order valence-corrected chi connectivity index (χ0v) is 51.2. The first kappa shape index (κ1) is 56.3. The van der Waals surface area contributed by atoms with Gasteiger partial charge in [-0.15, -0.1) is 6.58 Å². The van der Waals surface area contributed by atoms with Crippen molar-refractivity contribution in [2.75, 3.05) is 6.61 Å². The quantitative estimate of drug-likeness (QED) is 0.158. The molecule has 0 N–H and O–H groups in total. The Bertz CT molecular complexity index is 2510. The zero-order chi connectivity index (χ0) is 52.2. The maximum atomic E-state index is 13.5. The van der Waals surface area contributed by atoms with Gasteiger partial charge in [-0.2, -0.15) is 0 Å². The summed E-state index contributed by atoms with van der Waals surface area (Å²) >= 11 is -4.21. The van der Waals surface area contributed by atoms with E-state index in [0.717, 1.165) is 49.5 Å². The SMILES string of the molecule is C=C[C@@]12CC[C@]3(C)[C@H](CC[C@@H]4[C@@]5(C)CC=C(C)C(C)(C)[C@@H]5CC[C@]43C)C1=C(C(C)C)C(=O)C2.CC1=CC[C@]2(C)[C@H]3CC[C@@H]4C5=C(C(C)C)C(=O)C[C@]5(C5CO5)CC[C@@]4(C)[C@]3(C)CC[C@H]2C1(C)C.[CH3-].[O]=[Re](=[O])=[O]. The predicted molar refractivity (Wildman–Crippen MR) is 286 cm³/mol. The third kappa shape index (κ3) is 7.50. The zero-order valence-electron chi connectivity index (χ0n) is 48.5. The van der Waals surface area contributed by atoms with Gasteiger partial charge in [0.1, 0.15) is 0 Å². The molecule has 11 rings (SSSR count). The van der Waals surface area contributed by atoms with Crippen molar-refractivity contribution in [3.05, 3.63) is 65.7 Å². The summed E-state index contributed by atoms with van der Waals surface area (Å²) in [4.78, 5) is 26.8. The van der Waals surface area contributed by atoms with Gasteiger partial charge in [-0.3, -0.25) is 9.59 Å². The Hall–Kier alpha value is -1.94. The van der Waals surface area contributed by atoms with E-state index in [1.165, 1.54) is 93.8 Å². The van der Waals surface area contributed by atoms with Crippen LogP contribution in [0.5, 0.6) is 0 Å². The van der Waals surface area contributed by atoms with Gasteiger partial charge in [-0.1, -0.05) is 132 Å². The van der Waals surface area contributed by atoms with Gasteiger partial charge in [-0.05, 0) is 211 Å². The molecule has 1 saturated heterocycles. The standard InChI is InChI=1S/C32H48O2.C32H48O.CH3.3O.Re/c1-19(2)26-22(33)17-32(25-18-34-25)16-15-30(7)21(27(26)32)9-10-24-29(6)13-11-20(3)28(4,5)23(29)12-14-31(24,30)8;1-10-32-18-17-30(8)22(27(32)26(20(2)3)23(33)19-32)11-12-25-29(7)15-13-21(4)28(5,6)24(29)14-16-31(25,30)9;;;;;/h11,19,21,23-25H,9-10,12-18H2,1-8H3;10,13,20,22,24-25H,1,11-12,14-19H2,2-9H3;1H3;;;;/q;;-1;;;;/t21-,23+,24-,25?,29+,30-,31-,32+;22-,24+,25-,29+,30-,31-,32+;;;;;/m11...../s1. The van der Waals surface area contributed by atoms with Crippen molar-refractivity contribution < 1.29 is 41.4 Å². The Morgan fingerprint density at radius 3 is 1.39 bits per heavy atom. The molecule has 6 nitrogen and oxygen atoms in total. The van der Waals surface area contributed by atoms with Gasteiger partial charge in [0, 0.05) is 23.7 Å². The Labute approximate surface area is 443 Å². The second-order valence-electron chi connectivity index (χ2n) is 29.5. The van der Waals surface area contributed by atoms with Crippen LogP contribution in [0.3, 0.4) is 0 Å². The summed E-state index contributed by atoms with van der Waals surface area (Å²) in [6.45, 7) is 45.0. The molecule has 0 aromatic carbocycles. The van der Waals surface area contributed by atoms with Crippen LogP contribution in [0, 0.1) is 109 Å². The molecule has 0 aromatic rings. The number of fused-ring (bicyclic) bond motifs is 14. The van der Waals surface area contributed by atoms with Crippen LogP contribution in [0.15, 0.2) is 58.2 Å². The van der Waals surface area contributed by atoms with Crippen LogP contribution >= 0.6 is 0 Å². The van der Waals surface area contributed by atoms with Gasteiger partial charge in [0.2, 0.25) is 0 Å². The van der Waals surface area contributed by atoms with E-state index in [4.69, 9.17) is 15.1 Å². The van der Waals surface area contributed by atoms with E-state index in [0.29, 0.717) is 80.3 Å². The van der Waals surface area contributed by atoms with Crippen LogP contribution in [-0.2, 0) is 41.4 Å².